The molecule has 0 aliphatic heterocycles. The van der Waals surface area contributed by atoms with Crippen molar-refractivity contribution >= 4 is 9.84 Å². The minimum atomic E-state index is -2.87. The number of aryl methyl sites for hydroxylation is 1. The van der Waals surface area contributed by atoms with Gasteiger partial charge in [-0.2, -0.15) is 5.10 Å². The first-order valence-electron chi connectivity index (χ1n) is 5.83. The van der Waals surface area contributed by atoms with Crippen molar-refractivity contribution in [3.05, 3.63) is 17.5 Å². The normalized spacial score (nSPS) is 11.9. The van der Waals surface area contributed by atoms with E-state index >= 15 is 0 Å². The van der Waals surface area contributed by atoms with Crippen LogP contribution in [0.4, 0.5) is 0 Å². The second kappa shape index (κ2) is 6.16. The van der Waals surface area contributed by atoms with Crippen molar-refractivity contribution in [3.8, 4) is 0 Å². The first kappa shape index (κ1) is 14.2. The van der Waals surface area contributed by atoms with Gasteiger partial charge in [0.2, 0.25) is 0 Å². The lowest BCUT2D eigenvalue weighted by molar-refractivity contribution is 0.567. The summed E-state index contributed by atoms with van der Waals surface area (Å²) < 4.78 is 23.9. The fourth-order valence-corrected chi connectivity index (χ4v) is 2.27. The van der Waals surface area contributed by atoms with Gasteiger partial charge >= 0.3 is 0 Å². The maximum Gasteiger partial charge on any atom is 0.147 e. The number of rotatable bonds is 7. The standard InChI is InChI=1S/C11H21N3O2S/c1-4-12-8-11-9-13-14(10(11)2)6-5-7-17(3,15)16/h9,12H,4-8H2,1-3H3. The maximum absolute atomic E-state index is 11.0. The molecule has 1 aromatic heterocycles. The molecule has 0 bridgehead atoms. The highest BCUT2D eigenvalue weighted by molar-refractivity contribution is 7.90. The summed E-state index contributed by atoms with van der Waals surface area (Å²) >= 11 is 0. The zero-order valence-corrected chi connectivity index (χ0v) is 11.5. The Morgan fingerprint density at radius 2 is 2.18 bits per heavy atom. The van der Waals surface area contributed by atoms with E-state index in [1.54, 1.807) is 0 Å². The van der Waals surface area contributed by atoms with Crippen LogP contribution in [0.3, 0.4) is 0 Å². The Balaban J connectivity index is 2.52. The molecule has 0 aromatic carbocycles. The summed E-state index contributed by atoms with van der Waals surface area (Å²) in [6, 6.07) is 0. The summed E-state index contributed by atoms with van der Waals surface area (Å²) in [5.74, 6) is 0.217. The van der Waals surface area contributed by atoms with Crippen LogP contribution < -0.4 is 5.32 Å². The van der Waals surface area contributed by atoms with Crippen LogP contribution in [-0.2, 0) is 22.9 Å². The predicted octanol–water partition coefficient (Wildman–Crippen LogP) is 0.736. The van der Waals surface area contributed by atoms with Crippen LogP contribution in [-0.4, -0.2) is 36.8 Å². The molecule has 0 saturated heterocycles. The van der Waals surface area contributed by atoms with Crippen molar-refractivity contribution < 1.29 is 8.42 Å². The first-order chi connectivity index (χ1) is 7.94. The molecular formula is C11H21N3O2S. The average molecular weight is 259 g/mol. The highest BCUT2D eigenvalue weighted by Crippen LogP contribution is 2.07. The van der Waals surface area contributed by atoms with Crippen molar-refractivity contribution in [3.63, 3.8) is 0 Å². The molecule has 1 rings (SSSR count). The Kier molecular flexibility index (Phi) is 5.14. The van der Waals surface area contributed by atoms with E-state index in [4.69, 9.17) is 0 Å². The van der Waals surface area contributed by atoms with Crippen LogP contribution in [0, 0.1) is 6.92 Å². The SMILES string of the molecule is CCNCc1cnn(CCCS(C)(=O)=O)c1C. The molecule has 1 N–H and O–H groups in total. The molecule has 17 heavy (non-hydrogen) atoms. The molecule has 0 saturated carbocycles. The Hall–Kier alpha value is -0.880. The molecule has 0 aliphatic rings. The molecule has 0 atom stereocenters. The molecule has 1 heterocycles. The Morgan fingerprint density at radius 1 is 1.47 bits per heavy atom. The Labute approximate surface area is 103 Å². The molecular weight excluding hydrogens is 238 g/mol. The van der Waals surface area contributed by atoms with Gasteiger partial charge in [-0.05, 0) is 19.9 Å². The van der Waals surface area contributed by atoms with Crippen LogP contribution in [0.2, 0.25) is 0 Å². The van der Waals surface area contributed by atoms with Crippen LogP contribution in [0.1, 0.15) is 24.6 Å². The zero-order chi connectivity index (χ0) is 12.9. The smallest absolute Gasteiger partial charge is 0.147 e. The molecule has 0 fully saturated rings. The third-order valence-corrected chi connectivity index (χ3v) is 3.69. The third-order valence-electron chi connectivity index (χ3n) is 2.66. The predicted molar refractivity (Wildman–Crippen MR) is 68.7 cm³/mol. The van der Waals surface area contributed by atoms with Gasteiger partial charge in [-0.1, -0.05) is 6.92 Å². The van der Waals surface area contributed by atoms with E-state index in [2.05, 4.69) is 17.3 Å². The molecule has 1 aromatic rings. The van der Waals surface area contributed by atoms with Crippen molar-refractivity contribution in [2.75, 3.05) is 18.6 Å². The number of nitrogens with one attached hydrogen (secondary N) is 1. The summed E-state index contributed by atoms with van der Waals surface area (Å²) in [7, 11) is -2.87. The Morgan fingerprint density at radius 3 is 2.76 bits per heavy atom. The van der Waals surface area contributed by atoms with Gasteiger partial charge in [0.1, 0.15) is 9.84 Å². The number of aromatic nitrogens is 2. The molecule has 0 radical (unpaired) electrons. The summed E-state index contributed by atoms with van der Waals surface area (Å²) in [6.45, 7) is 6.48. The molecule has 0 aliphatic carbocycles. The van der Waals surface area contributed by atoms with Crippen LogP contribution in [0.25, 0.3) is 0 Å². The van der Waals surface area contributed by atoms with Crippen molar-refractivity contribution in [2.45, 2.75) is 33.4 Å². The van der Waals surface area contributed by atoms with Crippen molar-refractivity contribution in [1.82, 2.24) is 15.1 Å². The number of hydrogen-bond acceptors (Lipinski definition) is 4. The molecule has 98 valence electrons. The van der Waals surface area contributed by atoms with E-state index in [0.717, 1.165) is 18.8 Å². The fourth-order valence-electron chi connectivity index (χ4n) is 1.62. The van der Waals surface area contributed by atoms with E-state index in [0.29, 0.717) is 13.0 Å². The third kappa shape index (κ3) is 4.87. The lowest BCUT2D eigenvalue weighted by atomic mass is 10.2. The number of sulfone groups is 1. The molecule has 6 heteroatoms. The van der Waals surface area contributed by atoms with Crippen LogP contribution >= 0.6 is 0 Å². The Bertz CT molecular complexity index is 451. The zero-order valence-electron chi connectivity index (χ0n) is 10.7. The minimum absolute atomic E-state index is 0.217. The average Bonchev–Trinajstić information content (AvgIpc) is 2.56. The van der Waals surface area contributed by atoms with E-state index in [-0.39, 0.29) is 5.75 Å². The van der Waals surface area contributed by atoms with E-state index < -0.39 is 9.84 Å². The lowest BCUT2D eigenvalue weighted by Gasteiger charge is -2.05. The number of nitrogens with zero attached hydrogens (tertiary/aromatic N) is 2. The highest BCUT2D eigenvalue weighted by atomic mass is 32.2. The summed E-state index contributed by atoms with van der Waals surface area (Å²) in [4.78, 5) is 0. The topological polar surface area (TPSA) is 64.0 Å². The van der Waals surface area contributed by atoms with E-state index in [1.165, 1.54) is 11.8 Å². The maximum atomic E-state index is 11.0. The van der Waals surface area contributed by atoms with Gasteiger partial charge < -0.3 is 5.32 Å². The molecule has 0 unspecified atom stereocenters. The van der Waals surface area contributed by atoms with Gasteiger partial charge in [0, 0.05) is 30.6 Å². The van der Waals surface area contributed by atoms with Gasteiger partial charge in [0.05, 0.1) is 11.9 Å². The lowest BCUT2D eigenvalue weighted by Crippen LogP contribution is -2.13. The van der Waals surface area contributed by atoms with Crippen molar-refractivity contribution in [2.24, 2.45) is 0 Å². The van der Waals surface area contributed by atoms with Gasteiger partial charge in [-0.25, -0.2) is 8.42 Å². The molecule has 0 amide bonds. The number of hydrogen-bond donors (Lipinski definition) is 1. The van der Waals surface area contributed by atoms with E-state index in [1.807, 2.05) is 17.8 Å². The quantitative estimate of drug-likeness (QED) is 0.784. The minimum Gasteiger partial charge on any atom is -0.313 e. The van der Waals surface area contributed by atoms with Crippen LogP contribution in [0.15, 0.2) is 6.20 Å². The first-order valence-corrected chi connectivity index (χ1v) is 7.90. The fraction of sp³-hybridized carbons (Fsp3) is 0.727. The van der Waals surface area contributed by atoms with Gasteiger partial charge in [-0.3, -0.25) is 4.68 Å². The van der Waals surface area contributed by atoms with Gasteiger partial charge in [-0.15, -0.1) is 0 Å². The molecule has 0 spiro atoms. The van der Waals surface area contributed by atoms with E-state index in [9.17, 15) is 8.42 Å². The summed E-state index contributed by atoms with van der Waals surface area (Å²) in [5, 5.41) is 7.52. The molecule has 5 nitrogen and oxygen atoms in total. The summed E-state index contributed by atoms with van der Waals surface area (Å²) in [6.07, 6.45) is 3.72. The summed E-state index contributed by atoms with van der Waals surface area (Å²) in [5.41, 5.74) is 2.28. The van der Waals surface area contributed by atoms with Gasteiger partial charge in [0.15, 0.2) is 0 Å². The largest absolute Gasteiger partial charge is 0.313 e. The highest BCUT2D eigenvalue weighted by Gasteiger charge is 2.07. The van der Waals surface area contributed by atoms with Crippen molar-refractivity contribution in [1.29, 1.82) is 0 Å². The second-order valence-electron chi connectivity index (χ2n) is 4.24. The monoisotopic (exact) mass is 259 g/mol. The van der Waals surface area contributed by atoms with Crippen LogP contribution in [0.5, 0.6) is 0 Å². The second-order valence-corrected chi connectivity index (χ2v) is 6.50. The van der Waals surface area contributed by atoms with Gasteiger partial charge in [0.25, 0.3) is 0 Å².